The van der Waals surface area contributed by atoms with Crippen LogP contribution in [0.2, 0.25) is 0 Å². The Morgan fingerprint density at radius 1 is 1.41 bits per heavy atom. The van der Waals surface area contributed by atoms with Crippen LogP contribution < -0.4 is 0 Å². The van der Waals surface area contributed by atoms with Gasteiger partial charge in [0, 0.05) is 6.08 Å². The number of rotatable bonds is 4. The number of aliphatic carboxylic acids is 1. The van der Waals surface area contributed by atoms with Crippen molar-refractivity contribution < 1.29 is 19.4 Å². The molecule has 0 aliphatic carbocycles. The Bertz CT molecular complexity index is 460. The Morgan fingerprint density at radius 2 is 2.12 bits per heavy atom. The normalized spacial score (nSPS) is 11.1. The van der Waals surface area contributed by atoms with Crippen LogP contribution in [-0.2, 0) is 16.0 Å². The summed E-state index contributed by atoms with van der Waals surface area (Å²) in [6.07, 6.45) is 1.65. The average molecular weight is 234 g/mol. The quantitative estimate of drug-likeness (QED) is 0.639. The third kappa shape index (κ3) is 4.10. The lowest BCUT2D eigenvalue weighted by atomic mass is 10.0. The first-order valence-corrected chi connectivity index (χ1v) is 5.10. The van der Waals surface area contributed by atoms with Gasteiger partial charge in [-0.2, -0.15) is 0 Å². The molecule has 0 amide bonds. The summed E-state index contributed by atoms with van der Waals surface area (Å²) in [5.41, 5.74) is 2.07. The molecule has 0 saturated heterocycles. The Morgan fingerprint density at radius 3 is 2.71 bits per heavy atom. The topological polar surface area (TPSA) is 63.6 Å². The SMILES string of the molecule is COC(=O)c1cccc(C/C(C)=C/C(=O)O)c1. The lowest BCUT2D eigenvalue weighted by Crippen LogP contribution is -2.02. The maximum atomic E-state index is 11.3. The van der Waals surface area contributed by atoms with Crippen LogP contribution in [0.4, 0.5) is 0 Å². The molecule has 1 rings (SSSR count). The zero-order valence-corrected chi connectivity index (χ0v) is 9.77. The predicted octanol–water partition coefficient (Wildman–Crippen LogP) is 2.05. The van der Waals surface area contributed by atoms with Crippen LogP contribution in [0.5, 0.6) is 0 Å². The first kappa shape index (κ1) is 13.0. The number of carbonyl (C=O) groups is 2. The monoisotopic (exact) mass is 234 g/mol. The fourth-order valence-corrected chi connectivity index (χ4v) is 1.51. The molecule has 0 fully saturated rings. The maximum absolute atomic E-state index is 11.3. The molecule has 90 valence electrons. The third-order valence-corrected chi connectivity index (χ3v) is 2.20. The molecule has 1 N–H and O–H groups in total. The fourth-order valence-electron chi connectivity index (χ4n) is 1.51. The van der Waals surface area contributed by atoms with Gasteiger partial charge in [0.15, 0.2) is 0 Å². The van der Waals surface area contributed by atoms with E-state index in [-0.39, 0.29) is 0 Å². The van der Waals surface area contributed by atoms with Gasteiger partial charge in [-0.1, -0.05) is 17.7 Å². The predicted molar refractivity (Wildman–Crippen MR) is 62.9 cm³/mol. The molecule has 0 unspecified atom stereocenters. The van der Waals surface area contributed by atoms with Crippen molar-refractivity contribution in [3.05, 3.63) is 47.0 Å². The van der Waals surface area contributed by atoms with Crippen molar-refractivity contribution >= 4 is 11.9 Å². The van der Waals surface area contributed by atoms with E-state index in [1.54, 1.807) is 25.1 Å². The summed E-state index contributed by atoms with van der Waals surface area (Å²) >= 11 is 0. The summed E-state index contributed by atoms with van der Waals surface area (Å²) < 4.78 is 4.61. The summed E-state index contributed by atoms with van der Waals surface area (Å²) in [5, 5.41) is 8.59. The van der Waals surface area contributed by atoms with Crippen molar-refractivity contribution in [1.29, 1.82) is 0 Å². The number of benzene rings is 1. The number of ether oxygens (including phenoxy) is 1. The van der Waals surface area contributed by atoms with Gasteiger partial charge in [-0.15, -0.1) is 0 Å². The molecule has 0 heterocycles. The first-order valence-electron chi connectivity index (χ1n) is 5.10. The molecule has 0 saturated carbocycles. The van der Waals surface area contributed by atoms with Crippen LogP contribution >= 0.6 is 0 Å². The summed E-state index contributed by atoms with van der Waals surface area (Å²) in [6.45, 7) is 1.74. The van der Waals surface area contributed by atoms with Crippen molar-refractivity contribution in [2.75, 3.05) is 7.11 Å². The minimum atomic E-state index is -0.966. The van der Waals surface area contributed by atoms with Gasteiger partial charge in [-0.05, 0) is 31.0 Å². The molecule has 4 heteroatoms. The number of carboxylic acid groups (broad SMARTS) is 1. The highest BCUT2D eigenvalue weighted by molar-refractivity contribution is 5.89. The number of hydrogen-bond donors (Lipinski definition) is 1. The summed E-state index contributed by atoms with van der Waals surface area (Å²) in [7, 11) is 1.32. The summed E-state index contributed by atoms with van der Waals surface area (Å²) in [6, 6.07) is 6.94. The van der Waals surface area contributed by atoms with Gasteiger partial charge in [-0.25, -0.2) is 9.59 Å². The molecule has 1 aromatic carbocycles. The van der Waals surface area contributed by atoms with Gasteiger partial charge in [0.2, 0.25) is 0 Å². The number of methoxy groups -OCH3 is 1. The highest BCUT2D eigenvalue weighted by Crippen LogP contribution is 2.11. The second kappa shape index (κ2) is 5.84. The molecular weight excluding hydrogens is 220 g/mol. The van der Waals surface area contributed by atoms with Crippen LogP contribution in [0.25, 0.3) is 0 Å². The van der Waals surface area contributed by atoms with Crippen LogP contribution in [0, 0.1) is 0 Å². The molecule has 0 aliphatic heterocycles. The molecule has 0 atom stereocenters. The van der Waals surface area contributed by atoms with Gasteiger partial charge >= 0.3 is 11.9 Å². The molecular formula is C13H14O4. The molecule has 0 bridgehead atoms. The largest absolute Gasteiger partial charge is 0.478 e. The molecule has 0 aliphatic rings. The van der Waals surface area contributed by atoms with Crippen molar-refractivity contribution in [3.63, 3.8) is 0 Å². The minimum Gasteiger partial charge on any atom is -0.478 e. The number of hydrogen-bond acceptors (Lipinski definition) is 3. The third-order valence-electron chi connectivity index (χ3n) is 2.20. The van der Waals surface area contributed by atoms with E-state index < -0.39 is 11.9 Å². The van der Waals surface area contributed by atoms with Crippen LogP contribution in [0.3, 0.4) is 0 Å². The minimum absolute atomic E-state index is 0.397. The highest BCUT2D eigenvalue weighted by Gasteiger charge is 2.06. The smallest absolute Gasteiger partial charge is 0.337 e. The van der Waals surface area contributed by atoms with Crippen molar-refractivity contribution in [2.24, 2.45) is 0 Å². The van der Waals surface area contributed by atoms with E-state index in [2.05, 4.69) is 4.74 Å². The molecule has 0 radical (unpaired) electrons. The van der Waals surface area contributed by atoms with E-state index in [0.717, 1.165) is 17.2 Å². The standard InChI is InChI=1S/C13H14O4/c1-9(7-12(14)15)6-10-4-3-5-11(8-10)13(16)17-2/h3-5,7-8H,6H2,1-2H3,(H,14,15)/b9-7+. The van der Waals surface area contributed by atoms with Gasteiger partial charge in [-0.3, -0.25) is 0 Å². The number of allylic oxidation sites excluding steroid dienone is 1. The lowest BCUT2D eigenvalue weighted by molar-refractivity contribution is -0.131. The van der Waals surface area contributed by atoms with E-state index in [0.29, 0.717) is 12.0 Å². The van der Waals surface area contributed by atoms with Crippen molar-refractivity contribution in [1.82, 2.24) is 0 Å². The Labute approximate surface area is 99.5 Å². The van der Waals surface area contributed by atoms with E-state index in [1.165, 1.54) is 7.11 Å². The highest BCUT2D eigenvalue weighted by atomic mass is 16.5. The van der Waals surface area contributed by atoms with Crippen molar-refractivity contribution in [3.8, 4) is 0 Å². The molecule has 17 heavy (non-hydrogen) atoms. The molecule has 4 nitrogen and oxygen atoms in total. The van der Waals surface area contributed by atoms with Crippen LogP contribution in [0.1, 0.15) is 22.8 Å². The van der Waals surface area contributed by atoms with E-state index in [4.69, 9.17) is 5.11 Å². The number of esters is 1. The van der Waals surface area contributed by atoms with Crippen LogP contribution in [-0.4, -0.2) is 24.2 Å². The second-order valence-corrected chi connectivity index (χ2v) is 3.70. The van der Waals surface area contributed by atoms with E-state index in [9.17, 15) is 9.59 Å². The Kier molecular flexibility index (Phi) is 4.46. The summed E-state index contributed by atoms with van der Waals surface area (Å²) in [4.78, 5) is 21.8. The molecule has 0 aromatic heterocycles. The number of carboxylic acids is 1. The van der Waals surface area contributed by atoms with Gasteiger partial charge in [0.05, 0.1) is 12.7 Å². The van der Waals surface area contributed by atoms with Gasteiger partial charge in [0.1, 0.15) is 0 Å². The Hall–Kier alpha value is -2.10. The Balaban J connectivity index is 2.86. The maximum Gasteiger partial charge on any atom is 0.337 e. The lowest BCUT2D eigenvalue weighted by Gasteiger charge is -2.04. The molecule has 0 spiro atoms. The van der Waals surface area contributed by atoms with Crippen molar-refractivity contribution in [2.45, 2.75) is 13.3 Å². The fraction of sp³-hybridized carbons (Fsp3) is 0.231. The number of carbonyl (C=O) groups excluding carboxylic acids is 1. The van der Waals surface area contributed by atoms with Gasteiger partial charge in [0.25, 0.3) is 0 Å². The first-order chi connectivity index (χ1) is 8.02. The van der Waals surface area contributed by atoms with E-state index in [1.807, 2.05) is 6.07 Å². The van der Waals surface area contributed by atoms with Crippen LogP contribution in [0.15, 0.2) is 35.9 Å². The summed E-state index contributed by atoms with van der Waals surface area (Å²) in [5.74, 6) is -1.36. The zero-order chi connectivity index (χ0) is 12.8. The van der Waals surface area contributed by atoms with E-state index >= 15 is 0 Å². The van der Waals surface area contributed by atoms with Gasteiger partial charge < -0.3 is 9.84 Å². The average Bonchev–Trinajstić information content (AvgIpc) is 2.27. The zero-order valence-electron chi connectivity index (χ0n) is 9.77. The second-order valence-electron chi connectivity index (χ2n) is 3.70. The molecule has 1 aromatic rings.